The van der Waals surface area contributed by atoms with E-state index in [0.29, 0.717) is 22.8 Å². The van der Waals surface area contributed by atoms with E-state index in [-0.39, 0.29) is 31.2 Å². The number of aryl methyl sites for hydroxylation is 1. The number of methoxy groups -OCH3 is 1. The third-order valence-corrected chi connectivity index (χ3v) is 5.10. The molecule has 1 aromatic carbocycles. The van der Waals surface area contributed by atoms with E-state index >= 15 is 0 Å². The van der Waals surface area contributed by atoms with Crippen molar-refractivity contribution in [1.29, 1.82) is 0 Å². The summed E-state index contributed by atoms with van der Waals surface area (Å²) in [5.74, 6) is 0.290. The topological polar surface area (TPSA) is 122 Å². The molecule has 3 amide bonds. The van der Waals surface area contributed by atoms with E-state index in [1.54, 1.807) is 56.3 Å². The van der Waals surface area contributed by atoms with Crippen molar-refractivity contribution in [3.05, 3.63) is 65.0 Å². The van der Waals surface area contributed by atoms with Crippen LogP contribution >= 0.6 is 0 Å². The lowest BCUT2D eigenvalue weighted by atomic mass is 9.95. The van der Waals surface area contributed by atoms with Gasteiger partial charge in [-0.2, -0.15) is 0 Å². The minimum atomic E-state index is -0.715. The van der Waals surface area contributed by atoms with Crippen LogP contribution in [0, 0.1) is 6.92 Å². The second kappa shape index (κ2) is 11.3. The molecule has 1 atom stereocenters. The van der Waals surface area contributed by atoms with Crippen LogP contribution in [0.15, 0.2) is 53.7 Å². The molecule has 3 rings (SSSR count). The van der Waals surface area contributed by atoms with Crippen molar-refractivity contribution >= 4 is 23.7 Å². The molecule has 1 aliphatic rings. The Hall–Kier alpha value is -3.92. The first-order chi connectivity index (χ1) is 16.3. The molecule has 1 aliphatic heterocycles. The normalized spacial score (nSPS) is 15.4. The highest BCUT2D eigenvalue weighted by Crippen LogP contribution is 2.29. The lowest BCUT2D eigenvalue weighted by Crippen LogP contribution is -2.48. The summed E-state index contributed by atoms with van der Waals surface area (Å²) in [6.07, 6.45) is 0. The Balaban J connectivity index is 1.82. The van der Waals surface area contributed by atoms with Crippen LogP contribution < -0.4 is 20.7 Å². The molecular weight excluding hydrogens is 438 g/mol. The molecule has 1 aromatic heterocycles. The zero-order valence-corrected chi connectivity index (χ0v) is 19.7. The zero-order valence-electron chi connectivity index (χ0n) is 19.7. The molecule has 10 nitrogen and oxygen atoms in total. The van der Waals surface area contributed by atoms with Crippen LogP contribution in [0.5, 0.6) is 5.75 Å². The number of carbonyl (C=O) groups excluding carboxylic acids is 3. The maximum absolute atomic E-state index is 12.9. The number of likely N-dealkylation sites (N-methyl/N-ethyl adjacent to an activating group) is 1. The van der Waals surface area contributed by atoms with Crippen molar-refractivity contribution in [1.82, 2.24) is 20.5 Å². The highest BCUT2D eigenvalue weighted by Gasteiger charge is 2.34. The minimum Gasteiger partial charge on any atom is -0.497 e. The van der Waals surface area contributed by atoms with Gasteiger partial charge in [-0.15, -0.1) is 0 Å². The van der Waals surface area contributed by atoms with Crippen LogP contribution in [-0.2, 0) is 14.3 Å². The van der Waals surface area contributed by atoms with Crippen LogP contribution in [0.25, 0.3) is 0 Å². The molecule has 0 spiro atoms. The Kier molecular flexibility index (Phi) is 8.20. The molecule has 0 aliphatic carbocycles. The van der Waals surface area contributed by atoms with Crippen LogP contribution in [0.2, 0.25) is 0 Å². The number of rotatable bonds is 9. The van der Waals surface area contributed by atoms with Gasteiger partial charge in [-0.05, 0) is 50.7 Å². The van der Waals surface area contributed by atoms with E-state index < -0.39 is 18.0 Å². The monoisotopic (exact) mass is 467 g/mol. The van der Waals surface area contributed by atoms with E-state index in [1.807, 2.05) is 19.1 Å². The number of nitrogens with zero attached hydrogens (tertiary/aromatic N) is 2. The third kappa shape index (κ3) is 6.32. The fourth-order valence-electron chi connectivity index (χ4n) is 3.60. The highest BCUT2D eigenvalue weighted by molar-refractivity contribution is 5.95. The number of pyridine rings is 1. The van der Waals surface area contributed by atoms with Gasteiger partial charge >= 0.3 is 12.0 Å². The van der Waals surface area contributed by atoms with E-state index in [9.17, 15) is 14.4 Å². The van der Waals surface area contributed by atoms with Crippen molar-refractivity contribution in [2.75, 3.05) is 39.2 Å². The molecular formula is C24H29N5O5. The lowest BCUT2D eigenvalue weighted by molar-refractivity contribution is -0.139. The van der Waals surface area contributed by atoms with Crippen LogP contribution in [0.1, 0.15) is 24.2 Å². The number of ether oxygens (including phenoxy) is 2. The van der Waals surface area contributed by atoms with Gasteiger partial charge in [0.1, 0.15) is 11.6 Å². The van der Waals surface area contributed by atoms with Gasteiger partial charge in [0.15, 0.2) is 0 Å². The number of esters is 1. The van der Waals surface area contributed by atoms with Crippen molar-refractivity contribution in [3.8, 4) is 5.75 Å². The number of benzene rings is 1. The predicted molar refractivity (Wildman–Crippen MR) is 126 cm³/mol. The average Bonchev–Trinajstić information content (AvgIpc) is 2.78. The first kappa shape index (κ1) is 24.7. The molecule has 0 saturated carbocycles. The predicted octanol–water partition coefficient (Wildman–Crippen LogP) is 2.14. The van der Waals surface area contributed by atoms with E-state index in [4.69, 9.17) is 9.47 Å². The molecule has 0 fully saturated rings. The second-order valence-corrected chi connectivity index (χ2v) is 7.80. The van der Waals surface area contributed by atoms with Gasteiger partial charge in [-0.1, -0.05) is 18.2 Å². The van der Waals surface area contributed by atoms with E-state index in [1.165, 1.54) is 0 Å². The third-order valence-electron chi connectivity index (χ3n) is 5.10. The number of hydrogen-bond acceptors (Lipinski definition) is 7. The largest absolute Gasteiger partial charge is 0.497 e. The zero-order chi connectivity index (χ0) is 24.7. The molecule has 0 saturated heterocycles. The minimum absolute atomic E-state index is 0.0196. The Bertz CT molecular complexity index is 1080. The maximum Gasteiger partial charge on any atom is 0.338 e. The number of urea groups is 1. The van der Waals surface area contributed by atoms with Crippen molar-refractivity contribution < 1.29 is 23.9 Å². The van der Waals surface area contributed by atoms with Crippen LogP contribution in [0.4, 0.5) is 10.6 Å². The summed E-state index contributed by atoms with van der Waals surface area (Å²) >= 11 is 0. The highest BCUT2D eigenvalue weighted by atomic mass is 16.5. The molecule has 1 unspecified atom stereocenters. The summed E-state index contributed by atoms with van der Waals surface area (Å²) in [5.41, 5.74) is 2.13. The van der Waals surface area contributed by atoms with E-state index in [2.05, 4.69) is 20.9 Å². The molecule has 3 N–H and O–H groups in total. The molecule has 10 heteroatoms. The summed E-state index contributed by atoms with van der Waals surface area (Å²) in [4.78, 5) is 43.8. The number of nitrogens with one attached hydrogen (secondary N) is 3. The van der Waals surface area contributed by atoms with Crippen molar-refractivity contribution in [2.24, 2.45) is 0 Å². The van der Waals surface area contributed by atoms with Crippen molar-refractivity contribution in [2.45, 2.75) is 19.9 Å². The molecule has 34 heavy (non-hydrogen) atoms. The van der Waals surface area contributed by atoms with E-state index in [0.717, 1.165) is 5.69 Å². The van der Waals surface area contributed by atoms with Gasteiger partial charge in [0.05, 0.1) is 31.9 Å². The second-order valence-electron chi connectivity index (χ2n) is 7.80. The standard InChI is InChI=1S/C24H29N5O5/c1-5-34-23(31)21-18(13-29(3)14-20(30)27-19-8-6-7-15(2)25-19)26-24(32)28-22(21)16-9-11-17(33-4)12-10-16/h6-12,22H,5,13-14H2,1-4H3,(H,25,27,30)(H2,26,28,32). The smallest absolute Gasteiger partial charge is 0.338 e. The van der Waals surface area contributed by atoms with Crippen molar-refractivity contribution in [3.63, 3.8) is 0 Å². The molecule has 0 radical (unpaired) electrons. The summed E-state index contributed by atoms with van der Waals surface area (Å²) < 4.78 is 10.5. The number of hydrogen-bond donors (Lipinski definition) is 3. The number of aromatic nitrogens is 1. The Morgan fingerprint density at radius 3 is 2.56 bits per heavy atom. The van der Waals surface area contributed by atoms with Crippen LogP contribution in [-0.4, -0.2) is 61.6 Å². The summed E-state index contributed by atoms with van der Waals surface area (Å²) in [5, 5.41) is 8.24. The maximum atomic E-state index is 12.9. The molecule has 0 bridgehead atoms. The quantitative estimate of drug-likeness (QED) is 0.483. The fourth-order valence-corrected chi connectivity index (χ4v) is 3.60. The lowest BCUT2D eigenvalue weighted by Gasteiger charge is -2.31. The average molecular weight is 468 g/mol. The van der Waals surface area contributed by atoms with Gasteiger partial charge in [-0.3, -0.25) is 9.69 Å². The van der Waals surface area contributed by atoms with Gasteiger partial charge in [-0.25, -0.2) is 14.6 Å². The number of anilines is 1. The SMILES string of the molecule is CCOC(=O)C1=C(CN(C)CC(=O)Nc2cccc(C)n2)NC(=O)NC1c1ccc(OC)cc1. The summed E-state index contributed by atoms with van der Waals surface area (Å²) in [6.45, 7) is 3.89. The van der Waals surface area contributed by atoms with Crippen LogP contribution in [0.3, 0.4) is 0 Å². The number of carbonyl (C=O) groups is 3. The number of amides is 3. The first-order valence-electron chi connectivity index (χ1n) is 10.8. The summed E-state index contributed by atoms with van der Waals surface area (Å²) in [6, 6.07) is 11.2. The van der Waals surface area contributed by atoms with Gasteiger partial charge in [0.2, 0.25) is 5.91 Å². The molecule has 2 heterocycles. The Morgan fingerprint density at radius 2 is 1.91 bits per heavy atom. The Labute approximate surface area is 198 Å². The summed E-state index contributed by atoms with van der Waals surface area (Å²) in [7, 11) is 3.28. The first-order valence-corrected chi connectivity index (χ1v) is 10.8. The van der Waals surface area contributed by atoms with Gasteiger partial charge < -0.3 is 25.4 Å². The molecule has 2 aromatic rings. The fraction of sp³-hybridized carbons (Fsp3) is 0.333. The van der Waals surface area contributed by atoms with Gasteiger partial charge in [0, 0.05) is 17.9 Å². The van der Waals surface area contributed by atoms with Gasteiger partial charge in [0.25, 0.3) is 0 Å². The Morgan fingerprint density at radius 1 is 1.18 bits per heavy atom. The molecule has 180 valence electrons.